The molecule has 0 N–H and O–H groups in total. The Bertz CT molecular complexity index is 247. The highest BCUT2D eigenvalue weighted by Crippen LogP contribution is 2.32. The Kier molecular flexibility index (Phi) is 8.78. The van der Waals surface area contributed by atoms with E-state index in [0.29, 0.717) is 11.3 Å². The van der Waals surface area contributed by atoms with Gasteiger partial charge in [-0.1, -0.05) is 74.2 Å². The van der Waals surface area contributed by atoms with Gasteiger partial charge in [0.05, 0.1) is 0 Å². The Morgan fingerprint density at radius 1 is 1.05 bits per heavy atom. The van der Waals surface area contributed by atoms with Gasteiger partial charge in [0, 0.05) is 0 Å². The van der Waals surface area contributed by atoms with Crippen molar-refractivity contribution in [2.45, 2.75) is 74.6 Å². The normalized spacial score (nSPS) is 17.7. The van der Waals surface area contributed by atoms with Crippen LogP contribution in [0.1, 0.15) is 68.2 Å². The SMILES string of the molecule is CCC(C[B]C=CC(C)C(C)C)CC(C)C(C)(C)C. The smallest absolute Gasteiger partial charge is 0.126 e. The van der Waals surface area contributed by atoms with Gasteiger partial charge < -0.3 is 0 Å². The van der Waals surface area contributed by atoms with E-state index in [2.05, 4.69) is 74.7 Å². The van der Waals surface area contributed by atoms with Gasteiger partial charge in [-0.25, -0.2) is 0 Å². The van der Waals surface area contributed by atoms with Crippen molar-refractivity contribution in [1.29, 1.82) is 0 Å². The van der Waals surface area contributed by atoms with E-state index in [4.69, 9.17) is 0 Å². The lowest BCUT2D eigenvalue weighted by atomic mass is 9.65. The summed E-state index contributed by atoms with van der Waals surface area (Å²) in [5.74, 6) is 5.35. The van der Waals surface area contributed by atoms with E-state index in [1.807, 2.05) is 0 Å². The molecule has 0 rings (SSSR count). The molecule has 0 saturated heterocycles. The van der Waals surface area contributed by atoms with Gasteiger partial charge in [0.1, 0.15) is 7.28 Å². The molecule has 19 heavy (non-hydrogen) atoms. The first-order chi connectivity index (χ1) is 8.68. The molecule has 0 spiro atoms. The molecule has 1 heteroatoms. The van der Waals surface area contributed by atoms with Gasteiger partial charge in [0.25, 0.3) is 0 Å². The highest BCUT2D eigenvalue weighted by atomic mass is 14.3. The summed E-state index contributed by atoms with van der Waals surface area (Å²) in [5, 5.41) is 0. The summed E-state index contributed by atoms with van der Waals surface area (Å²) >= 11 is 0. The zero-order valence-corrected chi connectivity index (χ0v) is 14.7. The van der Waals surface area contributed by atoms with E-state index in [-0.39, 0.29) is 0 Å². The molecule has 0 heterocycles. The molecule has 0 aromatic heterocycles. The highest BCUT2D eigenvalue weighted by Gasteiger charge is 2.22. The highest BCUT2D eigenvalue weighted by molar-refractivity contribution is 6.42. The maximum absolute atomic E-state index is 2.40. The second-order valence-electron chi connectivity index (χ2n) is 7.74. The zero-order chi connectivity index (χ0) is 15.1. The third-order valence-electron chi connectivity index (χ3n) is 4.81. The molecule has 0 amide bonds. The summed E-state index contributed by atoms with van der Waals surface area (Å²) in [6.07, 6.45) is 6.23. The molecule has 0 nitrogen and oxygen atoms in total. The predicted molar refractivity (Wildman–Crippen MR) is 90.7 cm³/mol. The summed E-state index contributed by atoms with van der Waals surface area (Å²) < 4.78 is 0. The molecule has 0 aromatic carbocycles. The fraction of sp³-hybridized carbons (Fsp3) is 0.889. The average Bonchev–Trinajstić information content (AvgIpc) is 2.30. The first-order valence-electron chi connectivity index (χ1n) is 8.18. The number of allylic oxidation sites excluding steroid dienone is 1. The van der Waals surface area contributed by atoms with Crippen LogP contribution < -0.4 is 0 Å². The molecule has 0 aliphatic carbocycles. The average molecular weight is 263 g/mol. The fourth-order valence-corrected chi connectivity index (χ4v) is 2.03. The molecule has 0 aliphatic rings. The van der Waals surface area contributed by atoms with E-state index < -0.39 is 0 Å². The Labute approximate surface area is 123 Å². The van der Waals surface area contributed by atoms with Crippen LogP contribution in [-0.2, 0) is 0 Å². The Hall–Kier alpha value is -0.195. The van der Waals surface area contributed by atoms with Crippen LogP contribution in [0.5, 0.6) is 0 Å². The van der Waals surface area contributed by atoms with Crippen molar-refractivity contribution in [3.8, 4) is 0 Å². The third-order valence-corrected chi connectivity index (χ3v) is 4.81. The summed E-state index contributed by atoms with van der Waals surface area (Å²) in [6.45, 7) is 18.7. The minimum atomic E-state index is 0.440. The molecule has 111 valence electrons. The van der Waals surface area contributed by atoms with Crippen LogP contribution in [-0.4, -0.2) is 7.28 Å². The topological polar surface area (TPSA) is 0 Å². The van der Waals surface area contributed by atoms with Crippen LogP contribution >= 0.6 is 0 Å². The molecule has 0 aromatic rings. The quantitative estimate of drug-likeness (QED) is 0.470. The fourth-order valence-electron chi connectivity index (χ4n) is 2.03. The van der Waals surface area contributed by atoms with E-state index in [1.54, 1.807) is 0 Å². The lowest BCUT2D eigenvalue weighted by Crippen LogP contribution is -2.20. The second kappa shape index (κ2) is 8.87. The summed E-state index contributed by atoms with van der Waals surface area (Å²) in [6, 6.07) is 0. The molecule has 1 radical (unpaired) electrons. The van der Waals surface area contributed by atoms with Crippen molar-refractivity contribution in [3.05, 3.63) is 12.1 Å². The Morgan fingerprint density at radius 3 is 2.05 bits per heavy atom. The van der Waals surface area contributed by atoms with E-state index in [1.165, 1.54) is 19.2 Å². The summed E-state index contributed by atoms with van der Waals surface area (Å²) in [7, 11) is 2.38. The lowest BCUT2D eigenvalue weighted by Gasteiger charge is -2.30. The van der Waals surface area contributed by atoms with Crippen molar-refractivity contribution in [1.82, 2.24) is 0 Å². The van der Waals surface area contributed by atoms with Crippen LogP contribution in [0.2, 0.25) is 6.32 Å². The summed E-state index contributed by atoms with van der Waals surface area (Å²) in [5.41, 5.74) is 0.440. The Balaban J connectivity index is 4.08. The monoisotopic (exact) mass is 263 g/mol. The maximum Gasteiger partial charge on any atom is 0.141 e. The predicted octanol–water partition coefficient (Wildman–Crippen LogP) is 6.01. The van der Waals surface area contributed by atoms with E-state index in [9.17, 15) is 0 Å². The van der Waals surface area contributed by atoms with Gasteiger partial charge in [-0.15, -0.1) is 5.98 Å². The van der Waals surface area contributed by atoms with Crippen LogP contribution in [0, 0.1) is 29.1 Å². The molecular weight excluding hydrogens is 227 g/mol. The van der Waals surface area contributed by atoms with Gasteiger partial charge in [-0.05, 0) is 35.5 Å². The van der Waals surface area contributed by atoms with Gasteiger partial charge in [0.15, 0.2) is 0 Å². The molecule has 0 bridgehead atoms. The molecular formula is C18H36B. The number of hydrogen-bond donors (Lipinski definition) is 0. The molecule has 0 fully saturated rings. The van der Waals surface area contributed by atoms with Crippen molar-refractivity contribution < 1.29 is 0 Å². The van der Waals surface area contributed by atoms with Crippen LogP contribution in [0.3, 0.4) is 0 Å². The second-order valence-corrected chi connectivity index (χ2v) is 7.74. The molecule has 3 atom stereocenters. The third kappa shape index (κ3) is 8.55. The summed E-state index contributed by atoms with van der Waals surface area (Å²) in [4.78, 5) is 0. The van der Waals surface area contributed by atoms with Crippen molar-refractivity contribution in [2.24, 2.45) is 29.1 Å². The first kappa shape index (κ1) is 18.8. The molecule has 3 unspecified atom stereocenters. The molecule has 0 aliphatic heterocycles. The molecule has 0 saturated carbocycles. The minimum Gasteiger partial charge on any atom is -0.126 e. The largest absolute Gasteiger partial charge is 0.141 e. The van der Waals surface area contributed by atoms with Crippen LogP contribution in [0.4, 0.5) is 0 Å². The van der Waals surface area contributed by atoms with E-state index in [0.717, 1.165) is 17.8 Å². The van der Waals surface area contributed by atoms with Crippen molar-refractivity contribution >= 4 is 7.28 Å². The van der Waals surface area contributed by atoms with Crippen LogP contribution in [0.15, 0.2) is 12.1 Å². The number of hydrogen-bond acceptors (Lipinski definition) is 0. The standard InChI is InChI=1S/C18H36B/c1-9-17(12-16(5)18(6,7)8)13-19-11-10-15(4)14(2)3/h10-11,14-17H,9,12-13H2,1-8H3. The maximum atomic E-state index is 2.40. The zero-order valence-electron chi connectivity index (χ0n) is 14.7. The van der Waals surface area contributed by atoms with Gasteiger partial charge in [0.2, 0.25) is 0 Å². The van der Waals surface area contributed by atoms with Crippen molar-refractivity contribution in [3.63, 3.8) is 0 Å². The van der Waals surface area contributed by atoms with Gasteiger partial charge in [-0.2, -0.15) is 0 Å². The van der Waals surface area contributed by atoms with Gasteiger partial charge >= 0.3 is 0 Å². The lowest BCUT2D eigenvalue weighted by molar-refractivity contribution is 0.217. The van der Waals surface area contributed by atoms with Crippen molar-refractivity contribution in [2.75, 3.05) is 0 Å². The Morgan fingerprint density at radius 2 is 1.63 bits per heavy atom. The first-order valence-corrected chi connectivity index (χ1v) is 8.18. The minimum absolute atomic E-state index is 0.440. The van der Waals surface area contributed by atoms with Gasteiger partial charge in [-0.3, -0.25) is 0 Å². The van der Waals surface area contributed by atoms with E-state index >= 15 is 0 Å². The number of rotatable bonds is 8. The van der Waals surface area contributed by atoms with Crippen LogP contribution in [0.25, 0.3) is 0 Å².